The molecule has 1 aromatic carbocycles. The zero-order valence-corrected chi connectivity index (χ0v) is 13.2. The Morgan fingerprint density at radius 3 is 2.72 bits per heavy atom. The number of nitrogens with zero attached hydrogens (tertiary/aromatic N) is 1. The molecule has 0 aliphatic carbocycles. The molecule has 0 aromatic heterocycles. The van der Waals surface area contributed by atoms with Crippen molar-refractivity contribution in [2.75, 3.05) is 0 Å². The molecule has 0 saturated carbocycles. The zero-order chi connectivity index (χ0) is 13.5. The molecule has 0 radical (unpaired) electrons. The Morgan fingerprint density at radius 2 is 2.17 bits per heavy atom. The van der Waals surface area contributed by atoms with Crippen molar-refractivity contribution < 1.29 is 0 Å². The predicted octanol–water partition coefficient (Wildman–Crippen LogP) is 3.44. The first-order valence-electron chi connectivity index (χ1n) is 5.92. The Morgan fingerprint density at radius 1 is 1.44 bits per heavy atom. The van der Waals surface area contributed by atoms with E-state index < -0.39 is 0 Å². The highest BCUT2D eigenvalue weighted by Crippen LogP contribution is 2.13. The normalized spacial score (nSPS) is 11.5. The topological polar surface area (TPSA) is 36.4 Å². The standard InChI is InChI=1S/C13H18BrN3S/c1-4-12(10-6-5-7-11(14)8-10)16-17-13(18)15-9(2)3/h5-9H,4H2,1-3H3,(H2,15,17,18)/b16-12-. The average Bonchev–Trinajstić information content (AvgIpc) is 2.29. The fourth-order valence-electron chi connectivity index (χ4n) is 1.43. The summed E-state index contributed by atoms with van der Waals surface area (Å²) in [5.74, 6) is 0. The van der Waals surface area contributed by atoms with E-state index in [1.165, 1.54) is 0 Å². The summed E-state index contributed by atoms with van der Waals surface area (Å²) in [5.41, 5.74) is 4.94. The minimum atomic E-state index is 0.302. The summed E-state index contributed by atoms with van der Waals surface area (Å²) < 4.78 is 1.05. The van der Waals surface area contributed by atoms with Gasteiger partial charge >= 0.3 is 0 Å². The molecule has 2 N–H and O–H groups in total. The van der Waals surface area contributed by atoms with E-state index >= 15 is 0 Å². The van der Waals surface area contributed by atoms with Gasteiger partial charge in [-0.1, -0.05) is 35.0 Å². The minimum Gasteiger partial charge on any atom is -0.359 e. The number of hydrazone groups is 1. The maximum absolute atomic E-state index is 5.13. The van der Waals surface area contributed by atoms with Gasteiger partial charge in [-0.3, -0.25) is 5.43 Å². The highest BCUT2D eigenvalue weighted by Gasteiger charge is 2.03. The van der Waals surface area contributed by atoms with Crippen LogP contribution in [0.5, 0.6) is 0 Å². The third kappa shape index (κ3) is 5.14. The van der Waals surface area contributed by atoms with Gasteiger partial charge in [0.05, 0.1) is 5.71 Å². The number of halogens is 1. The third-order valence-corrected chi connectivity index (χ3v) is 2.91. The molecule has 1 rings (SSSR count). The van der Waals surface area contributed by atoms with E-state index in [1.54, 1.807) is 0 Å². The summed E-state index contributed by atoms with van der Waals surface area (Å²) in [5, 5.41) is 7.98. The first-order valence-corrected chi connectivity index (χ1v) is 7.12. The monoisotopic (exact) mass is 327 g/mol. The molecule has 3 nitrogen and oxygen atoms in total. The first kappa shape index (κ1) is 15.1. The molecule has 5 heteroatoms. The van der Waals surface area contributed by atoms with Crippen LogP contribution in [-0.2, 0) is 0 Å². The van der Waals surface area contributed by atoms with Crippen LogP contribution in [0.15, 0.2) is 33.8 Å². The number of nitrogens with one attached hydrogen (secondary N) is 2. The largest absolute Gasteiger partial charge is 0.359 e. The van der Waals surface area contributed by atoms with E-state index in [9.17, 15) is 0 Å². The Kier molecular flexibility index (Phi) is 6.29. The molecule has 1 aromatic rings. The Balaban J connectivity index is 2.74. The highest BCUT2D eigenvalue weighted by molar-refractivity contribution is 9.10. The van der Waals surface area contributed by atoms with Gasteiger partial charge in [0.2, 0.25) is 0 Å². The fourth-order valence-corrected chi connectivity index (χ4v) is 2.11. The van der Waals surface area contributed by atoms with Crippen LogP contribution in [-0.4, -0.2) is 16.9 Å². The van der Waals surface area contributed by atoms with Crippen LogP contribution in [0.25, 0.3) is 0 Å². The summed E-state index contributed by atoms with van der Waals surface area (Å²) in [6.45, 7) is 6.14. The van der Waals surface area contributed by atoms with Crippen molar-refractivity contribution in [1.29, 1.82) is 0 Å². The summed E-state index contributed by atoms with van der Waals surface area (Å²) in [4.78, 5) is 0. The van der Waals surface area contributed by atoms with Crippen molar-refractivity contribution in [3.8, 4) is 0 Å². The van der Waals surface area contributed by atoms with E-state index in [2.05, 4.69) is 38.7 Å². The third-order valence-electron chi connectivity index (χ3n) is 2.20. The number of benzene rings is 1. The molecule has 0 unspecified atom stereocenters. The molecule has 0 aliphatic heterocycles. The van der Waals surface area contributed by atoms with Crippen molar-refractivity contribution in [2.45, 2.75) is 33.2 Å². The van der Waals surface area contributed by atoms with Crippen molar-refractivity contribution in [2.24, 2.45) is 5.10 Å². The van der Waals surface area contributed by atoms with Gasteiger partial charge < -0.3 is 5.32 Å². The maximum Gasteiger partial charge on any atom is 0.187 e. The van der Waals surface area contributed by atoms with Crippen molar-refractivity contribution in [1.82, 2.24) is 10.7 Å². The van der Waals surface area contributed by atoms with E-state index in [0.717, 1.165) is 22.2 Å². The van der Waals surface area contributed by atoms with Gasteiger partial charge in [0.25, 0.3) is 0 Å². The van der Waals surface area contributed by atoms with Gasteiger partial charge in [-0.05, 0) is 50.2 Å². The van der Waals surface area contributed by atoms with Crippen LogP contribution in [0.1, 0.15) is 32.8 Å². The molecule has 0 heterocycles. The quantitative estimate of drug-likeness (QED) is 0.505. The second-order valence-corrected chi connectivity index (χ2v) is 5.49. The van der Waals surface area contributed by atoms with Crippen LogP contribution >= 0.6 is 28.1 Å². The fraction of sp³-hybridized carbons (Fsp3) is 0.385. The summed E-state index contributed by atoms with van der Waals surface area (Å²) in [7, 11) is 0. The molecular weight excluding hydrogens is 310 g/mol. The molecule has 98 valence electrons. The maximum atomic E-state index is 5.13. The summed E-state index contributed by atoms with van der Waals surface area (Å²) in [6, 6.07) is 8.37. The van der Waals surface area contributed by atoms with Crippen LogP contribution < -0.4 is 10.7 Å². The Labute approximate surface area is 122 Å². The van der Waals surface area contributed by atoms with Crippen LogP contribution in [0.4, 0.5) is 0 Å². The molecule has 0 saturated heterocycles. The van der Waals surface area contributed by atoms with Crippen LogP contribution in [0, 0.1) is 0 Å². The van der Waals surface area contributed by atoms with Crippen molar-refractivity contribution in [3.05, 3.63) is 34.3 Å². The van der Waals surface area contributed by atoms with Crippen molar-refractivity contribution >= 4 is 39.0 Å². The number of thiocarbonyl (C=S) groups is 1. The number of rotatable bonds is 4. The molecule has 0 amide bonds. The first-order chi connectivity index (χ1) is 8.52. The number of hydrogen-bond acceptors (Lipinski definition) is 2. The molecule has 18 heavy (non-hydrogen) atoms. The van der Waals surface area contributed by atoms with Gasteiger partial charge in [-0.25, -0.2) is 0 Å². The van der Waals surface area contributed by atoms with Gasteiger partial charge in [0.15, 0.2) is 5.11 Å². The van der Waals surface area contributed by atoms with Crippen LogP contribution in [0.2, 0.25) is 0 Å². The average molecular weight is 328 g/mol. The number of hydrogen-bond donors (Lipinski definition) is 2. The SMILES string of the molecule is CC/C(=N/NC(=S)NC(C)C)c1cccc(Br)c1. The second kappa shape index (κ2) is 7.48. The minimum absolute atomic E-state index is 0.302. The van der Waals surface area contributed by atoms with Crippen LogP contribution in [0.3, 0.4) is 0 Å². The van der Waals surface area contributed by atoms with E-state index in [4.69, 9.17) is 12.2 Å². The smallest absolute Gasteiger partial charge is 0.187 e. The second-order valence-electron chi connectivity index (χ2n) is 4.16. The molecule has 0 atom stereocenters. The zero-order valence-electron chi connectivity index (χ0n) is 10.8. The van der Waals surface area contributed by atoms with Gasteiger partial charge in [-0.2, -0.15) is 5.10 Å². The van der Waals surface area contributed by atoms with E-state index in [1.807, 2.05) is 38.1 Å². The van der Waals surface area contributed by atoms with E-state index in [0.29, 0.717) is 11.2 Å². The Hall–Kier alpha value is -0.940. The molecule has 0 bridgehead atoms. The molecule has 0 spiro atoms. The molecular formula is C13H18BrN3S. The summed E-state index contributed by atoms with van der Waals surface area (Å²) >= 11 is 8.59. The predicted molar refractivity (Wildman–Crippen MR) is 85.0 cm³/mol. The lowest BCUT2D eigenvalue weighted by Crippen LogP contribution is -2.37. The van der Waals surface area contributed by atoms with E-state index in [-0.39, 0.29) is 0 Å². The molecule has 0 fully saturated rings. The van der Waals surface area contributed by atoms with Gasteiger partial charge in [0, 0.05) is 10.5 Å². The lowest BCUT2D eigenvalue weighted by molar-refractivity contribution is 0.719. The van der Waals surface area contributed by atoms with Gasteiger partial charge in [0.1, 0.15) is 0 Å². The van der Waals surface area contributed by atoms with Crippen molar-refractivity contribution in [3.63, 3.8) is 0 Å². The molecule has 0 aliphatic rings. The van der Waals surface area contributed by atoms with Gasteiger partial charge in [-0.15, -0.1) is 0 Å². The summed E-state index contributed by atoms with van der Waals surface area (Å²) in [6.07, 6.45) is 0.841. The lowest BCUT2D eigenvalue weighted by atomic mass is 10.1. The lowest BCUT2D eigenvalue weighted by Gasteiger charge is -2.11. The highest BCUT2D eigenvalue weighted by atomic mass is 79.9. The Bertz CT molecular complexity index is 444.